The first kappa shape index (κ1) is 27.2. The molecule has 3 unspecified atom stereocenters. The number of nitrogens with two attached hydrogens (primary N) is 1. The topological polar surface area (TPSA) is 166 Å². The minimum atomic E-state index is -1.20. The second-order valence-electron chi connectivity index (χ2n) is 8.35. The number of benzene rings is 1. The molecule has 1 aromatic carbocycles. The molecule has 0 spiro atoms. The number of hydrogen-bond acceptors (Lipinski definition) is 6. The van der Waals surface area contributed by atoms with Crippen LogP contribution in [-0.4, -0.2) is 70.5 Å². The summed E-state index contributed by atoms with van der Waals surface area (Å²) < 4.78 is 0. The van der Waals surface area contributed by atoms with Crippen LogP contribution in [0.2, 0.25) is 0 Å². The second-order valence-corrected chi connectivity index (χ2v) is 9.34. The van der Waals surface area contributed by atoms with Crippen LogP contribution >= 0.6 is 11.8 Å². The number of H-pyrrole nitrogens is 1. The first-order chi connectivity index (χ1) is 16.1. The van der Waals surface area contributed by atoms with Crippen molar-refractivity contribution < 1.29 is 24.3 Å². The third kappa shape index (κ3) is 7.77. The van der Waals surface area contributed by atoms with Crippen molar-refractivity contribution in [1.29, 1.82) is 0 Å². The molecule has 3 amide bonds. The van der Waals surface area contributed by atoms with Crippen molar-refractivity contribution in [3.8, 4) is 0 Å². The average Bonchev–Trinajstić information content (AvgIpc) is 3.21. The van der Waals surface area contributed by atoms with Gasteiger partial charge < -0.3 is 31.8 Å². The van der Waals surface area contributed by atoms with E-state index in [2.05, 4.69) is 20.9 Å². The van der Waals surface area contributed by atoms with Crippen LogP contribution in [0.1, 0.15) is 25.8 Å². The third-order valence-corrected chi connectivity index (χ3v) is 6.01. The molecule has 34 heavy (non-hydrogen) atoms. The largest absolute Gasteiger partial charge is 0.480 e. The van der Waals surface area contributed by atoms with Gasteiger partial charge in [-0.3, -0.25) is 19.2 Å². The number of amides is 3. The summed E-state index contributed by atoms with van der Waals surface area (Å²) >= 11 is 1.57. The number of carbonyl (C=O) groups is 4. The maximum atomic E-state index is 13.1. The van der Waals surface area contributed by atoms with Crippen LogP contribution in [0.25, 0.3) is 10.9 Å². The molecule has 7 N–H and O–H groups in total. The van der Waals surface area contributed by atoms with Crippen LogP contribution < -0.4 is 21.7 Å². The van der Waals surface area contributed by atoms with Gasteiger partial charge in [0, 0.05) is 23.5 Å². The van der Waals surface area contributed by atoms with Crippen molar-refractivity contribution in [2.24, 2.45) is 11.7 Å². The van der Waals surface area contributed by atoms with Crippen LogP contribution in [0.3, 0.4) is 0 Å². The highest BCUT2D eigenvalue weighted by atomic mass is 32.2. The number of rotatable bonds is 13. The molecule has 0 saturated carbocycles. The van der Waals surface area contributed by atoms with Crippen molar-refractivity contribution in [2.75, 3.05) is 18.6 Å². The van der Waals surface area contributed by atoms with Gasteiger partial charge in [0.2, 0.25) is 17.7 Å². The van der Waals surface area contributed by atoms with Gasteiger partial charge in [-0.05, 0) is 36.0 Å². The van der Waals surface area contributed by atoms with Crippen molar-refractivity contribution >= 4 is 46.4 Å². The number of carboxylic acids is 1. The standard InChI is InChI=1S/C23H33N5O5S/c1-13(2)20(28-21(31)16(24)8-9-34-3)23(33)27-18(22(32)26-12-19(29)30)10-14-11-25-17-7-5-4-6-15(14)17/h4-7,11,13,16,18,20,25H,8-10,12,24H2,1-3H3,(H,26,32)(H,27,33)(H,28,31)(H,29,30). The first-order valence-electron chi connectivity index (χ1n) is 11.0. The Morgan fingerprint density at radius 3 is 2.44 bits per heavy atom. The normalized spacial score (nSPS) is 13.8. The summed E-state index contributed by atoms with van der Waals surface area (Å²) in [5.74, 6) is -2.37. The third-order valence-electron chi connectivity index (χ3n) is 5.36. The zero-order chi connectivity index (χ0) is 25.3. The van der Waals surface area contributed by atoms with E-state index in [-0.39, 0.29) is 12.3 Å². The number of carboxylic acid groups (broad SMARTS) is 1. The molecule has 0 radical (unpaired) electrons. The summed E-state index contributed by atoms with van der Waals surface area (Å²) in [7, 11) is 0. The fraction of sp³-hybridized carbons (Fsp3) is 0.478. The van der Waals surface area contributed by atoms with Gasteiger partial charge in [-0.15, -0.1) is 0 Å². The number of thioether (sulfide) groups is 1. The number of nitrogens with one attached hydrogen (secondary N) is 4. The molecule has 0 bridgehead atoms. The molecule has 2 rings (SSSR count). The Hall–Kier alpha value is -3.05. The molecule has 0 saturated heterocycles. The van der Waals surface area contributed by atoms with E-state index in [9.17, 15) is 19.2 Å². The lowest BCUT2D eigenvalue weighted by molar-refractivity contribution is -0.138. The molecular weight excluding hydrogens is 458 g/mol. The Balaban J connectivity index is 2.19. The molecular formula is C23H33N5O5S. The second kappa shape index (κ2) is 13.0. The van der Waals surface area contributed by atoms with Gasteiger partial charge in [-0.1, -0.05) is 32.0 Å². The number of para-hydroxylation sites is 1. The van der Waals surface area contributed by atoms with Crippen LogP contribution in [-0.2, 0) is 25.6 Å². The summed E-state index contributed by atoms with van der Waals surface area (Å²) in [5.41, 5.74) is 7.59. The van der Waals surface area contributed by atoms with Crippen LogP contribution in [0.4, 0.5) is 0 Å². The smallest absolute Gasteiger partial charge is 0.322 e. The Morgan fingerprint density at radius 2 is 1.79 bits per heavy atom. The van der Waals surface area contributed by atoms with Gasteiger partial charge in [0.05, 0.1) is 6.04 Å². The summed E-state index contributed by atoms with van der Waals surface area (Å²) in [4.78, 5) is 52.4. The summed E-state index contributed by atoms with van der Waals surface area (Å²) in [5, 5.41) is 17.5. The van der Waals surface area contributed by atoms with E-state index in [1.165, 1.54) is 0 Å². The van der Waals surface area contributed by atoms with Crippen molar-refractivity contribution in [3.05, 3.63) is 36.0 Å². The van der Waals surface area contributed by atoms with E-state index < -0.39 is 48.4 Å². The molecule has 0 aliphatic carbocycles. The fourth-order valence-electron chi connectivity index (χ4n) is 3.45. The van der Waals surface area contributed by atoms with Crippen molar-refractivity contribution in [2.45, 2.75) is 44.8 Å². The van der Waals surface area contributed by atoms with E-state index in [0.717, 1.165) is 16.5 Å². The van der Waals surface area contributed by atoms with E-state index in [1.54, 1.807) is 31.8 Å². The Kier molecular flexibility index (Phi) is 10.4. The van der Waals surface area contributed by atoms with E-state index in [4.69, 9.17) is 10.8 Å². The maximum absolute atomic E-state index is 13.1. The maximum Gasteiger partial charge on any atom is 0.322 e. The van der Waals surface area contributed by atoms with Gasteiger partial charge in [-0.25, -0.2) is 0 Å². The Labute approximate surface area is 202 Å². The zero-order valence-electron chi connectivity index (χ0n) is 19.6. The average molecular weight is 492 g/mol. The fourth-order valence-corrected chi connectivity index (χ4v) is 3.94. The lowest BCUT2D eigenvalue weighted by Crippen LogP contribution is -2.58. The lowest BCUT2D eigenvalue weighted by Gasteiger charge is -2.26. The number of aromatic nitrogens is 1. The number of aromatic amines is 1. The molecule has 186 valence electrons. The molecule has 1 heterocycles. The minimum Gasteiger partial charge on any atom is -0.480 e. The Bertz CT molecular complexity index is 1010. The number of carbonyl (C=O) groups excluding carboxylic acids is 3. The zero-order valence-corrected chi connectivity index (χ0v) is 20.4. The summed E-state index contributed by atoms with van der Waals surface area (Å²) in [6.45, 7) is 2.97. The summed E-state index contributed by atoms with van der Waals surface area (Å²) in [6, 6.07) is 4.82. The van der Waals surface area contributed by atoms with Gasteiger partial charge in [0.25, 0.3) is 0 Å². The molecule has 10 nitrogen and oxygen atoms in total. The molecule has 0 aliphatic heterocycles. The highest BCUT2D eigenvalue weighted by molar-refractivity contribution is 7.98. The van der Waals surface area contributed by atoms with Crippen molar-refractivity contribution in [1.82, 2.24) is 20.9 Å². The number of aliphatic carboxylic acids is 1. The van der Waals surface area contributed by atoms with E-state index >= 15 is 0 Å². The van der Waals surface area contributed by atoms with Gasteiger partial charge in [0.15, 0.2) is 0 Å². The SMILES string of the molecule is CSCCC(N)C(=O)NC(C(=O)NC(Cc1c[nH]c2ccccc12)C(=O)NCC(=O)O)C(C)C. The van der Waals surface area contributed by atoms with Gasteiger partial charge >= 0.3 is 5.97 Å². The highest BCUT2D eigenvalue weighted by Crippen LogP contribution is 2.19. The van der Waals surface area contributed by atoms with E-state index in [0.29, 0.717) is 12.2 Å². The van der Waals surface area contributed by atoms with Gasteiger partial charge in [-0.2, -0.15) is 11.8 Å². The minimum absolute atomic E-state index is 0.132. The molecule has 2 aromatic rings. The highest BCUT2D eigenvalue weighted by Gasteiger charge is 2.30. The molecule has 11 heteroatoms. The summed E-state index contributed by atoms with van der Waals surface area (Å²) in [6.07, 6.45) is 4.27. The van der Waals surface area contributed by atoms with Crippen molar-refractivity contribution in [3.63, 3.8) is 0 Å². The first-order valence-corrected chi connectivity index (χ1v) is 12.4. The molecule has 0 fully saturated rings. The quantitative estimate of drug-likeness (QED) is 0.239. The van der Waals surface area contributed by atoms with Gasteiger partial charge in [0.1, 0.15) is 18.6 Å². The molecule has 0 aliphatic rings. The van der Waals surface area contributed by atoms with E-state index in [1.807, 2.05) is 30.5 Å². The molecule has 3 atom stereocenters. The van der Waals surface area contributed by atoms with Crippen LogP contribution in [0, 0.1) is 5.92 Å². The lowest BCUT2D eigenvalue weighted by atomic mass is 10.00. The predicted molar refractivity (Wildman–Crippen MR) is 132 cm³/mol. The predicted octanol–water partition coefficient (Wildman–Crippen LogP) is 0.617. The van der Waals surface area contributed by atoms with Crippen LogP contribution in [0.5, 0.6) is 0 Å². The Morgan fingerprint density at radius 1 is 1.09 bits per heavy atom. The number of hydrogen-bond donors (Lipinski definition) is 6. The monoisotopic (exact) mass is 491 g/mol. The van der Waals surface area contributed by atoms with Crippen LogP contribution in [0.15, 0.2) is 30.5 Å². The molecule has 1 aromatic heterocycles. The number of fused-ring (bicyclic) bond motifs is 1.